The van der Waals surface area contributed by atoms with Gasteiger partial charge in [0, 0.05) is 35.9 Å². The minimum Gasteiger partial charge on any atom is -0.285 e. The van der Waals surface area contributed by atoms with Gasteiger partial charge >= 0.3 is 0 Å². The highest BCUT2D eigenvalue weighted by Gasteiger charge is 2.04. The summed E-state index contributed by atoms with van der Waals surface area (Å²) in [4.78, 5) is 8.45. The number of aromatic amines is 1. The summed E-state index contributed by atoms with van der Waals surface area (Å²) >= 11 is 0. The third-order valence-corrected chi connectivity index (χ3v) is 4.24. The molecule has 0 amide bonds. The molecule has 4 heterocycles. The average Bonchev–Trinajstić information content (AvgIpc) is 3.54. The molecule has 30 heavy (non-hydrogen) atoms. The van der Waals surface area contributed by atoms with Gasteiger partial charge in [0.15, 0.2) is 0 Å². The molecule has 1 aromatic carbocycles. The SMILES string of the molecule is N#Cc1cccc(-n2cc(-c3ccccn3)cn2)c1.c1ccc(-c2cn[nH]c2)nc1. The Kier molecular flexibility index (Phi) is 5.68. The summed E-state index contributed by atoms with van der Waals surface area (Å²) in [6, 6.07) is 21.0. The van der Waals surface area contributed by atoms with Crippen LogP contribution in [0.5, 0.6) is 0 Å². The van der Waals surface area contributed by atoms with Crippen molar-refractivity contribution in [2.75, 3.05) is 0 Å². The van der Waals surface area contributed by atoms with Crippen molar-refractivity contribution in [2.45, 2.75) is 0 Å². The van der Waals surface area contributed by atoms with Gasteiger partial charge in [-0.1, -0.05) is 18.2 Å². The molecule has 0 aliphatic heterocycles. The molecule has 144 valence electrons. The van der Waals surface area contributed by atoms with E-state index in [9.17, 15) is 0 Å². The molecule has 1 N–H and O–H groups in total. The Labute approximate surface area is 173 Å². The van der Waals surface area contributed by atoms with Crippen LogP contribution in [0.25, 0.3) is 28.2 Å². The van der Waals surface area contributed by atoms with Crippen molar-refractivity contribution in [2.24, 2.45) is 0 Å². The summed E-state index contributed by atoms with van der Waals surface area (Å²) in [5.41, 5.74) is 5.27. The van der Waals surface area contributed by atoms with Gasteiger partial charge in [0.25, 0.3) is 0 Å². The second-order valence-corrected chi connectivity index (χ2v) is 6.25. The van der Waals surface area contributed by atoms with E-state index in [0.29, 0.717) is 5.56 Å². The van der Waals surface area contributed by atoms with Crippen LogP contribution in [0.1, 0.15) is 5.56 Å². The molecule has 0 unspecified atom stereocenters. The Bertz CT molecular complexity index is 1240. The Hall–Kier alpha value is -4.57. The Balaban J connectivity index is 0.000000168. The number of hydrogen-bond acceptors (Lipinski definition) is 5. The lowest BCUT2D eigenvalue weighted by Crippen LogP contribution is -1.94. The van der Waals surface area contributed by atoms with Crippen molar-refractivity contribution in [3.8, 4) is 34.3 Å². The predicted molar refractivity (Wildman–Crippen MR) is 113 cm³/mol. The first-order valence-electron chi connectivity index (χ1n) is 9.20. The maximum Gasteiger partial charge on any atom is 0.0992 e. The normalized spacial score (nSPS) is 9.97. The molecule has 0 atom stereocenters. The smallest absolute Gasteiger partial charge is 0.0992 e. The predicted octanol–water partition coefficient (Wildman–Crippen LogP) is 4.28. The maximum absolute atomic E-state index is 8.90. The highest BCUT2D eigenvalue weighted by Crippen LogP contribution is 2.18. The molecule has 0 saturated carbocycles. The molecule has 5 rings (SSSR count). The van der Waals surface area contributed by atoms with Crippen LogP contribution < -0.4 is 0 Å². The van der Waals surface area contributed by atoms with Crippen LogP contribution in [-0.2, 0) is 0 Å². The van der Waals surface area contributed by atoms with E-state index in [2.05, 4.69) is 31.3 Å². The van der Waals surface area contributed by atoms with Crippen molar-refractivity contribution in [1.29, 1.82) is 5.26 Å². The van der Waals surface area contributed by atoms with Crippen LogP contribution in [0.2, 0.25) is 0 Å². The third-order valence-electron chi connectivity index (χ3n) is 4.24. The number of H-pyrrole nitrogens is 1. The van der Waals surface area contributed by atoms with Crippen LogP contribution in [0.3, 0.4) is 0 Å². The zero-order valence-electron chi connectivity index (χ0n) is 15.9. The van der Waals surface area contributed by atoms with Crippen molar-refractivity contribution in [3.05, 3.63) is 103 Å². The zero-order chi connectivity index (χ0) is 20.6. The van der Waals surface area contributed by atoms with E-state index in [0.717, 1.165) is 28.2 Å². The Morgan fingerprint density at radius 2 is 1.60 bits per heavy atom. The molecule has 0 aliphatic rings. The van der Waals surface area contributed by atoms with E-state index < -0.39 is 0 Å². The first-order valence-corrected chi connectivity index (χ1v) is 9.20. The molecule has 4 aromatic heterocycles. The van der Waals surface area contributed by atoms with Gasteiger partial charge in [0.05, 0.1) is 41.1 Å². The molecular weight excluding hydrogens is 374 g/mol. The number of nitrogens with one attached hydrogen (secondary N) is 1. The van der Waals surface area contributed by atoms with Crippen molar-refractivity contribution in [3.63, 3.8) is 0 Å². The first-order chi connectivity index (χ1) is 14.8. The largest absolute Gasteiger partial charge is 0.285 e. The van der Waals surface area contributed by atoms with Crippen LogP contribution in [0.4, 0.5) is 0 Å². The second kappa shape index (κ2) is 9.08. The van der Waals surface area contributed by atoms with E-state index in [1.165, 1.54) is 0 Å². The molecule has 0 aliphatic carbocycles. The summed E-state index contributed by atoms with van der Waals surface area (Å²) in [6.45, 7) is 0. The number of hydrogen-bond donors (Lipinski definition) is 1. The van der Waals surface area contributed by atoms with Gasteiger partial charge in [-0.2, -0.15) is 15.5 Å². The van der Waals surface area contributed by atoms with Gasteiger partial charge in [0.2, 0.25) is 0 Å². The van der Waals surface area contributed by atoms with E-state index >= 15 is 0 Å². The fourth-order valence-corrected chi connectivity index (χ4v) is 2.77. The van der Waals surface area contributed by atoms with Gasteiger partial charge in [0.1, 0.15) is 0 Å². The highest BCUT2D eigenvalue weighted by molar-refractivity contribution is 5.57. The van der Waals surface area contributed by atoms with E-state index in [4.69, 9.17) is 5.26 Å². The van der Waals surface area contributed by atoms with E-state index in [1.54, 1.807) is 41.6 Å². The van der Waals surface area contributed by atoms with Gasteiger partial charge in [-0.25, -0.2) is 4.68 Å². The molecule has 0 fully saturated rings. The monoisotopic (exact) mass is 391 g/mol. The van der Waals surface area contributed by atoms with Crippen LogP contribution in [0.15, 0.2) is 97.8 Å². The Morgan fingerprint density at radius 3 is 2.23 bits per heavy atom. The molecular formula is C23H17N7. The quantitative estimate of drug-likeness (QED) is 0.495. The minimum atomic E-state index is 0.618. The maximum atomic E-state index is 8.90. The summed E-state index contributed by atoms with van der Waals surface area (Å²) in [6.07, 6.45) is 10.8. The number of nitriles is 1. The van der Waals surface area contributed by atoms with Crippen molar-refractivity contribution >= 4 is 0 Å². The van der Waals surface area contributed by atoms with Gasteiger partial charge < -0.3 is 0 Å². The Morgan fingerprint density at radius 1 is 0.833 bits per heavy atom. The molecule has 0 bridgehead atoms. The number of rotatable bonds is 3. The number of pyridine rings is 2. The second-order valence-electron chi connectivity index (χ2n) is 6.25. The van der Waals surface area contributed by atoms with Gasteiger partial charge in [-0.05, 0) is 42.5 Å². The average molecular weight is 391 g/mol. The molecule has 0 saturated heterocycles. The lowest BCUT2D eigenvalue weighted by atomic mass is 10.2. The number of benzene rings is 1. The van der Waals surface area contributed by atoms with Crippen LogP contribution >= 0.6 is 0 Å². The summed E-state index contributed by atoms with van der Waals surface area (Å²) < 4.78 is 1.74. The van der Waals surface area contributed by atoms with Crippen molar-refractivity contribution < 1.29 is 0 Å². The van der Waals surface area contributed by atoms with Crippen LogP contribution in [-0.4, -0.2) is 29.9 Å². The van der Waals surface area contributed by atoms with Crippen LogP contribution in [0, 0.1) is 11.3 Å². The summed E-state index contributed by atoms with van der Waals surface area (Å²) in [7, 11) is 0. The fraction of sp³-hybridized carbons (Fsp3) is 0. The van der Waals surface area contributed by atoms with Crippen molar-refractivity contribution in [1.82, 2.24) is 29.9 Å². The molecule has 7 heteroatoms. The molecule has 7 nitrogen and oxygen atoms in total. The topological polar surface area (TPSA) is 96.1 Å². The first kappa shape index (κ1) is 18.8. The molecule has 0 radical (unpaired) electrons. The van der Waals surface area contributed by atoms with E-state index in [-0.39, 0.29) is 0 Å². The number of nitrogens with zero attached hydrogens (tertiary/aromatic N) is 6. The summed E-state index contributed by atoms with van der Waals surface area (Å²) in [5, 5.41) is 19.8. The van der Waals surface area contributed by atoms with Gasteiger partial charge in [-0.15, -0.1) is 0 Å². The third kappa shape index (κ3) is 4.46. The molecule has 0 spiro atoms. The number of aromatic nitrogens is 6. The van der Waals surface area contributed by atoms with E-state index in [1.807, 2.05) is 60.9 Å². The lowest BCUT2D eigenvalue weighted by Gasteiger charge is -2.00. The van der Waals surface area contributed by atoms with Gasteiger partial charge in [-0.3, -0.25) is 15.1 Å². The minimum absolute atomic E-state index is 0.618. The summed E-state index contributed by atoms with van der Waals surface area (Å²) in [5.74, 6) is 0. The lowest BCUT2D eigenvalue weighted by molar-refractivity contribution is 0.880. The molecule has 5 aromatic rings. The zero-order valence-corrected chi connectivity index (χ0v) is 15.9. The highest BCUT2D eigenvalue weighted by atomic mass is 15.3. The fourth-order valence-electron chi connectivity index (χ4n) is 2.77. The standard InChI is InChI=1S/C15H10N4.C8H7N3/c16-9-12-4-3-5-14(8-12)19-11-13(10-18-19)15-6-1-2-7-17-15;1-2-4-9-8(3-1)7-5-10-11-6-7/h1-8,10-11H;1-6H,(H,10,11).